The van der Waals surface area contributed by atoms with Crippen LogP contribution in [-0.4, -0.2) is 0 Å². The lowest BCUT2D eigenvalue weighted by molar-refractivity contribution is 0.328. The van der Waals surface area contributed by atoms with Gasteiger partial charge in [0.1, 0.15) is 0 Å². The van der Waals surface area contributed by atoms with Gasteiger partial charge in [-0.1, -0.05) is 38.1 Å². The Bertz CT molecular complexity index is 397. The molecule has 1 aromatic rings. The van der Waals surface area contributed by atoms with Gasteiger partial charge in [0, 0.05) is 6.42 Å². The van der Waals surface area contributed by atoms with Gasteiger partial charge in [0.25, 0.3) is 0 Å². The Balaban J connectivity index is 2.16. The maximum absolute atomic E-state index is 5.41. The summed E-state index contributed by atoms with van der Waals surface area (Å²) >= 11 is 0. The second-order valence-electron chi connectivity index (χ2n) is 5.09. The molecule has 16 heavy (non-hydrogen) atoms. The minimum Gasteiger partial charge on any atom is -0.120 e. The van der Waals surface area contributed by atoms with Crippen LogP contribution in [0.15, 0.2) is 24.3 Å². The molecule has 1 aliphatic carbocycles. The third kappa shape index (κ3) is 2.00. The molecule has 3 atom stereocenters. The standard InChI is InChI=1S/C16H20/c1-4-7-12(2)13(3)15-11-10-14-8-5-6-9-16(14)15/h1,5-6,8-9,12-13,15H,7,10-11H2,2-3H3. The number of terminal acetylenes is 1. The molecule has 3 unspecified atom stereocenters. The van der Waals surface area contributed by atoms with E-state index in [1.807, 2.05) is 0 Å². The Morgan fingerprint density at radius 3 is 2.88 bits per heavy atom. The van der Waals surface area contributed by atoms with Crippen molar-refractivity contribution in [2.75, 3.05) is 0 Å². The van der Waals surface area contributed by atoms with Crippen LogP contribution in [0.5, 0.6) is 0 Å². The highest BCUT2D eigenvalue weighted by molar-refractivity contribution is 5.35. The third-order valence-electron chi connectivity index (χ3n) is 4.15. The fraction of sp³-hybridized carbons (Fsp3) is 0.500. The maximum Gasteiger partial charge on any atom is 0.0114 e. The fourth-order valence-electron chi connectivity index (χ4n) is 2.90. The molecule has 1 aromatic carbocycles. The average Bonchev–Trinajstić information content (AvgIpc) is 2.72. The molecule has 0 saturated heterocycles. The molecule has 0 radical (unpaired) electrons. The zero-order valence-electron chi connectivity index (χ0n) is 10.2. The first-order valence-electron chi connectivity index (χ1n) is 6.25. The quantitative estimate of drug-likeness (QED) is 0.664. The highest BCUT2D eigenvalue weighted by Crippen LogP contribution is 2.41. The van der Waals surface area contributed by atoms with E-state index < -0.39 is 0 Å². The van der Waals surface area contributed by atoms with Crippen LogP contribution in [0.3, 0.4) is 0 Å². The van der Waals surface area contributed by atoms with Crippen molar-refractivity contribution in [2.24, 2.45) is 11.8 Å². The number of rotatable bonds is 3. The van der Waals surface area contributed by atoms with E-state index in [4.69, 9.17) is 6.42 Å². The molecule has 0 amide bonds. The van der Waals surface area contributed by atoms with E-state index >= 15 is 0 Å². The van der Waals surface area contributed by atoms with E-state index in [0.717, 1.165) is 12.3 Å². The zero-order chi connectivity index (χ0) is 11.5. The summed E-state index contributed by atoms with van der Waals surface area (Å²) in [5, 5.41) is 0. The SMILES string of the molecule is C#CCC(C)C(C)C1CCc2ccccc21. The molecular weight excluding hydrogens is 192 g/mol. The molecule has 0 aliphatic heterocycles. The van der Waals surface area contributed by atoms with Crippen molar-refractivity contribution in [2.45, 2.75) is 39.0 Å². The van der Waals surface area contributed by atoms with Gasteiger partial charge in [0.15, 0.2) is 0 Å². The van der Waals surface area contributed by atoms with Crippen LogP contribution in [0.1, 0.15) is 43.7 Å². The molecule has 0 heterocycles. The smallest absolute Gasteiger partial charge is 0.0114 e. The van der Waals surface area contributed by atoms with Crippen molar-refractivity contribution in [3.8, 4) is 12.3 Å². The summed E-state index contributed by atoms with van der Waals surface area (Å²) in [4.78, 5) is 0. The monoisotopic (exact) mass is 212 g/mol. The van der Waals surface area contributed by atoms with Crippen LogP contribution in [0.2, 0.25) is 0 Å². The molecule has 0 saturated carbocycles. The predicted molar refractivity (Wildman–Crippen MR) is 69.3 cm³/mol. The summed E-state index contributed by atoms with van der Waals surface area (Å²) in [6.45, 7) is 4.64. The van der Waals surface area contributed by atoms with Gasteiger partial charge in [-0.2, -0.15) is 0 Å². The number of benzene rings is 1. The Hall–Kier alpha value is -1.22. The van der Waals surface area contributed by atoms with Crippen molar-refractivity contribution in [1.82, 2.24) is 0 Å². The summed E-state index contributed by atoms with van der Waals surface area (Å²) in [7, 11) is 0. The Morgan fingerprint density at radius 1 is 1.38 bits per heavy atom. The Labute approximate surface area is 99.1 Å². The first-order chi connectivity index (χ1) is 7.74. The van der Waals surface area contributed by atoms with E-state index in [1.54, 1.807) is 11.1 Å². The van der Waals surface area contributed by atoms with E-state index in [2.05, 4.69) is 44.0 Å². The lowest BCUT2D eigenvalue weighted by Gasteiger charge is -2.25. The first-order valence-corrected chi connectivity index (χ1v) is 6.25. The minimum absolute atomic E-state index is 0.626. The van der Waals surface area contributed by atoms with Crippen LogP contribution in [0.25, 0.3) is 0 Å². The number of hydrogen-bond donors (Lipinski definition) is 0. The predicted octanol–water partition coefficient (Wildman–Crippen LogP) is 4.01. The van der Waals surface area contributed by atoms with Crippen molar-refractivity contribution >= 4 is 0 Å². The maximum atomic E-state index is 5.41. The number of aryl methyl sites for hydroxylation is 1. The molecule has 0 fully saturated rings. The molecular formula is C16H20. The summed E-state index contributed by atoms with van der Waals surface area (Å²) in [6, 6.07) is 8.88. The molecule has 2 rings (SSSR count). The molecule has 0 spiro atoms. The van der Waals surface area contributed by atoms with Crippen molar-refractivity contribution in [3.05, 3.63) is 35.4 Å². The Morgan fingerprint density at radius 2 is 2.12 bits per heavy atom. The van der Waals surface area contributed by atoms with E-state index in [9.17, 15) is 0 Å². The van der Waals surface area contributed by atoms with Crippen LogP contribution in [-0.2, 0) is 6.42 Å². The molecule has 84 valence electrons. The second kappa shape index (κ2) is 4.74. The lowest BCUT2D eigenvalue weighted by atomic mass is 9.79. The second-order valence-corrected chi connectivity index (χ2v) is 5.09. The molecule has 0 heteroatoms. The van der Waals surface area contributed by atoms with Gasteiger partial charge in [-0.3, -0.25) is 0 Å². The van der Waals surface area contributed by atoms with Crippen LogP contribution >= 0.6 is 0 Å². The van der Waals surface area contributed by atoms with Gasteiger partial charge < -0.3 is 0 Å². The largest absolute Gasteiger partial charge is 0.120 e. The van der Waals surface area contributed by atoms with Crippen molar-refractivity contribution in [3.63, 3.8) is 0 Å². The van der Waals surface area contributed by atoms with E-state index in [1.165, 1.54) is 12.8 Å². The van der Waals surface area contributed by atoms with Gasteiger partial charge in [0.05, 0.1) is 0 Å². The number of hydrogen-bond acceptors (Lipinski definition) is 0. The van der Waals surface area contributed by atoms with E-state index in [-0.39, 0.29) is 0 Å². The normalized spacial score (nSPS) is 22.2. The summed E-state index contributed by atoms with van der Waals surface area (Å²) < 4.78 is 0. The summed E-state index contributed by atoms with van der Waals surface area (Å²) in [5.41, 5.74) is 3.12. The van der Waals surface area contributed by atoms with Crippen molar-refractivity contribution < 1.29 is 0 Å². The van der Waals surface area contributed by atoms with Gasteiger partial charge in [-0.15, -0.1) is 12.3 Å². The van der Waals surface area contributed by atoms with Crippen LogP contribution in [0.4, 0.5) is 0 Å². The zero-order valence-corrected chi connectivity index (χ0v) is 10.2. The lowest BCUT2D eigenvalue weighted by Crippen LogP contribution is -2.15. The molecule has 0 N–H and O–H groups in total. The molecule has 0 aromatic heterocycles. The highest BCUT2D eigenvalue weighted by Gasteiger charge is 2.29. The van der Waals surface area contributed by atoms with E-state index in [0.29, 0.717) is 11.8 Å². The first kappa shape index (κ1) is 11.3. The topological polar surface area (TPSA) is 0 Å². The third-order valence-corrected chi connectivity index (χ3v) is 4.15. The van der Waals surface area contributed by atoms with Crippen LogP contribution in [0, 0.1) is 24.2 Å². The van der Waals surface area contributed by atoms with Crippen molar-refractivity contribution in [1.29, 1.82) is 0 Å². The fourth-order valence-corrected chi connectivity index (χ4v) is 2.90. The molecule has 1 aliphatic rings. The minimum atomic E-state index is 0.626. The van der Waals surface area contributed by atoms with Gasteiger partial charge in [0.2, 0.25) is 0 Å². The highest BCUT2D eigenvalue weighted by atomic mass is 14.3. The van der Waals surface area contributed by atoms with Crippen LogP contribution < -0.4 is 0 Å². The molecule has 0 bridgehead atoms. The summed E-state index contributed by atoms with van der Waals surface area (Å²) in [5.74, 6) is 4.84. The number of fused-ring (bicyclic) bond motifs is 1. The van der Waals surface area contributed by atoms with Gasteiger partial charge in [-0.25, -0.2) is 0 Å². The average molecular weight is 212 g/mol. The van der Waals surface area contributed by atoms with Gasteiger partial charge >= 0.3 is 0 Å². The Kier molecular flexibility index (Phi) is 3.34. The van der Waals surface area contributed by atoms with Gasteiger partial charge in [-0.05, 0) is 41.7 Å². The molecule has 0 nitrogen and oxygen atoms in total. The summed E-state index contributed by atoms with van der Waals surface area (Å²) in [6.07, 6.45) is 8.86.